The normalized spacial score (nSPS) is 8.29. The van der Waals surface area contributed by atoms with Crippen molar-refractivity contribution >= 4 is 206 Å². The van der Waals surface area contributed by atoms with Gasteiger partial charge >= 0.3 is 396 Å². The number of nitriles is 6. The van der Waals surface area contributed by atoms with Gasteiger partial charge in [0.1, 0.15) is 0 Å². The molecule has 0 atom stereocenters. The first-order valence-electron chi connectivity index (χ1n) is 2.40. The Morgan fingerprint density at radius 1 is 0.381 bits per heavy atom. The average molecular weight is 464 g/mol. The second-order valence-electron chi connectivity index (χ2n) is 1.80. The van der Waals surface area contributed by atoms with Crippen LogP contribution in [0.2, 0.25) is 0 Å². The van der Waals surface area contributed by atoms with E-state index in [0.29, 0.717) is 0 Å². The molecule has 0 saturated heterocycles. The molecule has 6 nitrogen and oxygen atoms in total. The van der Waals surface area contributed by atoms with Crippen molar-refractivity contribution in [2.24, 2.45) is 0 Å². The van der Waals surface area contributed by atoms with Crippen molar-refractivity contribution in [2.45, 2.75) is 0 Å². The molecular weight excluding hydrogens is 460 g/mol. The van der Waals surface area contributed by atoms with Gasteiger partial charge in [0.05, 0.1) is 0 Å². The summed E-state index contributed by atoms with van der Waals surface area (Å²) in [7, 11) is -6.17. The molecule has 74 valence electrons. The Balaban J connectivity index is -0.0000000257. The van der Waals surface area contributed by atoms with Crippen molar-refractivity contribution in [3.8, 4) is 29.8 Å². The predicted octanol–water partition coefficient (Wildman–Crippen LogP) is -14.5. The Bertz CT molecular complexity index is 415. The van der Waals surface area contributed by atoms with Gasteiger partial charge in [-0.25, -0.2) is 0 Å². The maximum Gasteiger partial charge on any atom is 1.00 e. The first-order valence-corrected chi connectivity index (χ1v) is 5.71. The van der Waals surface area contributed by atoms with Gasteiger partial charge in [-0.3, -0.25) is 0 Å². The molecule has 0 heterocycles. The minimum Gasteiger partial charge on any atom is 1.00 e. The predicted molar refractivity (Wildman–Crippen MR) is 62.3 cm³/mol. The molecule has 21 heavy (non-hydrogen) atoms. The van der Waals surface area contributed by atoms with Gasteiger partial charge in [0.2, 0.25) is 0 Å². The number of hydrogen-bond acceptors (Lipinski definition) is 6. The van der Waals surface area contributed by atoms with Crippen LogP contribution in [0.1, 0.15) is 0 Å². The van der Waals surface area contributed by atoms with Gasteiger partial charge in [0.25, 0.3) is 0 Å². The maximum atomic E-state index is 8.58. The second-order valence-corrected chi connectivity index (χ2v) is 7.42. The van der Waals surface area contributed by atoms with Gasteiger partial charge in [-0.15, -0.1) is 0 Å². The van der Waals surface area contributed by atoms with Gasteiger partial charge in [-0.1, -0.05) is 0 Å². The van der Waals surface area contributed by atoms with Gasteiger partial charge in [-0.2, -0.15) is 0 Å². The van der Waals surface area contributed by atoms with Crippen LogP contribution >= 0.6 is 0 Å². The fraction of sp³-hybridized carbons (Fsp3) is 0. The Morgan fingerprint density at radius 2 is 0.476 bits per heavy atom. The Hall–Kier alpha value is 8.00. The molecule has 0 rings (SSSR count). The van der Waals surface area contributed by atoms with Crippen molar-refractivity contribution in [2.75, 3.05) is 0 Å². The quantitative estimate of drug-likeness (QED) is 0.326. The molecule has 0 bridgehead atoms. The van der Waals surface area contributed by atoms with Crippen LogP contribution in [0.4, 0.5) is 0 Å². The molecule has 0 aromatic rings. The summed E-state index contributed by atoms with van der Waals surface area (Å²) in [5.41, 5.74) is 0. The van der Waals surface area contributed by atoms with Crippen LogP contribution in [0.3, 0.4) is 0 Å². The molecule has 0 fully saturated rings. The standard InChI is InChI=1S/6CN.Fe.4K.4Na.4H/c6*1-2;;;;;;;;;;;;;/q;;;;;;-4;;;;;4*+1;;;;. The van der Waals surface area contributed by atoms with E-state index in [0.717, 1.165) is 29.8 Å². The molecule has 0 spiro atoms. The van der Waals surface area contributed by atoms with E-state index in [1.54, 1.807) is 0 Å². The van der Waals surface area contributed by atoms with Crippen LogP contribution in [0.25, 0.3) is 0 Å². The van der Waals surface area contributed by atoms with Crippen LogP contribution < -0.4 is 118 Å². The summed E-state index contributed by atoms with van der Waals surface area (Å²) in [5, 5.41) is 51.5. The number of nitrogens with zero attached hydrogens (tertiary/aromatic N) is 6. The first-order chi connectivity index (χ1) is 5.97. The SMILES string of the molecule is N#[C][Fe-4]([C]#N)([C]#N)([C]#N)([C]#N)[C]#N.[KH].[KH].[KH].[KH].[Na+].[Na+].[Na+].[Na+]. The third-order valence-corrected chi connectivity index (χ3v) is 4.89. The zero-order chi connectivity index (χ0) is 10.7. The Labute approximate surface area is 382 Å². The van der Waals surface area contributed by atoms with Crippen LogP contribution in [-0.4, -0.2) is 206 Å². The minimum absolute atomic E-state index is 0. The van der Waals surface area contributed by atoms with E-state index in [-0.39, 0.29) is 324 Å². The first kappa shape index (κ1) is 56.8. The van der Waals surface area contributed by atoms with E-state index in [9.17, 15) is 0 Å². The largest absolute Gasteiger partial charge is 1.00 e. The molecule has 0 aliphatic rings. The summed E-state index contributed by atoms with van der Waals surface area (Å²) >= 11 is 0. The summed E-state index contributed by atoms with van der Waals surface area (Å²) < 4.78 is 0. The smallest absolute Gasteiger partial charge is 1.00 e. The van der Waals surface area contributed by atoms with E-state index >= 15 is 0 Å². The third kappa shape index (κ3) is 13.1. The van der Waals surface area contributed by atoms with Crippen LogP contribution in [0.5, 0.6) is 0 Å². The Kier molecular flexibility index (Phi) is 65.7. The van der Waals surface area contributed by atoms with Crippen molar-refractivity contribution in [3.63, 3.8) is 0 Å². The number of hydrogen-bond donors (Lipinski definition) is 0. The average Bonchev–Trinajstić information content (AvgIpc) is 2.26. The van der Waals surface area contributed by atoms with Gasteiger partial charge in [-0.05, 0) is 0 Å². The summed E-state index contributed by atoms with van der Waals surface area (Å²) in [6, 6.07) is 0. The molecule has 0 amide bonds. The molecule has 0 aromatic heterocycles. The minimum atomic E-state index is -6.17. The summed E-state index contributed by atoms with van der Waals surface area (Å²) in [6.07, 6.45) is 0. The fourth-order valence-corrected chi connectivity index (χ4v) is 1.09. The van der Waals surface area contributed by atoms with Gasteiger partial charge in [0.15, 0.2) is 0 Å². The zero-order valence-electron chi connectivity index (χ0n) is 10.0. The van der Waals surface area contributed by atoms with Crippen molar-refractivity contribution < 1.29 is 129 Å². The van der Waals surface area contributed by atoms with Gasteiger partial charge < -0.3 is 0 Å². The molecular formula is C6H4FeK4N6Na4. The van der Waals surface area contributed by atoms with E-state index < -0.39 is 10.7 Å². The number of rotatable bonds is 0. The van der Waals surface area contributed by atoms with E-state index in [1.807, 2.05) is 0 Å². The summed E-state index contributed by atoms with van der Waals surface area (Å²) in [5.74, 6) is 0. The second kappa shape index (κ2) is 24.3. The van der Waals surface area contributed by atoms with E-state index in [4.69, 9.17) is 31.6 Å². The summed E-state index contributed by atoms with van der Waals surface area (Å²) in [4.78, 5) is 6.19. The zero-order valence-corrected chi connectivity index (χ0v) is 19.1. The van der Waals surface area contributed by atoms with E-state index in [2.05, 4.69) is 0 Å². The monoisotopic (exact) mass is 464 g/mol. The van der Waals surface area contributed by atoms with E-state index in [1.165, 1.54) is 0 Å². The van der Waals surface area contributed by atoms with Crippen LogP contribution in [0, 0.1) is 61.4 Å². The van der Waals surface area contributed by atoms with Crippen molar-refractivity contribution in [1.82, 2.24) is 0 Å². The van der Waals surface area contributed by atoms with Crippen molar-refractivity contribution in [1.29, 1.82) is 31.6 Å². The molecule has 0 aliphatic carbocycles. The van der Waals surface area contributed by atoms with Crippen LogP contribution in [-0.2, 0) is 10.7 Å². The summed E-state index contributed by atoms with van der Waals surface area (Å²) in [6.45, 7) is 0. The molecule has 0 aromatic carbocycles. The van der Waals surface area contributed by atoms with Gasteiger partial charge in [0, 0.05) is 0 Å². The molecule has 0 unspecified atom stereocenters. The molecule has 15 heteroatoms. The molecule has 0 radical (unpaired) electrons. The third-order valence-electron chi connectivity index (χ3n) is 1.19. The van der Waals surface area contributed by atoms with Crippen LogP contribution in [0.15, 0.2) is 0 Å². The topological polar surface area (TPSA) is 143 Å². The fourth-order valence-electron chi connectivity index (χ4n) is 0.265. The molecule has 0 saturated carbocycles. The van der Waals surface area contributed by atoms with Crippen molar-refractivity contribution in [3.05, 3.63) is 0 Å². The molecule has 0 N–H and O–H groups in total. The Morgan fingerprint density at radius 3 is 0.476 bits per heavy atom. The molecule has 0 aliphatic heterocycles. The maximum absolute atomic E-state index is 8.58.